The SMILES string of the molecule is CCC(=O)N1CC[C@@H](Oc2ccc(-c3noc(C(F)(F)F)n3)cn2)C1. The van der Waals surface area contributed by atoms with Crippen molar-refractivity contribution in [3.8, 4) is 17.3 Å². The third-order valence-electron chi connectivity index (χ3n) is 3.75. The van der Waals surface area contributed by atoms with Crippen LogP contribution in [0.2, 0.25) is 0 Å². The molecule has 7 nitrogen and oxygen atoms in total. The van der Waals surface area contributed by atoms with Gasteiger partial charge >= 0.3 is 12.1 Å². The quantitative estimate of drug-likeness (QED) is 0.837. The van der Waals surface area contributed by atoms with E-state index in [2.05, 4.69) is 19.6 Å². The van der Waals surface area contributed by atoms with Crippen LogP contribution in [0.15, 0.2) is 22.9 Å². The van der Waals surface area contributed by atoms with Gasteiger partial charge in [0.15, 0.2) is 0 Å². The van der Waals surface area contributed by atoms with Crippen molar-refractivity contribution in [3.05, 3.63) is 24.2 Å². The molecule has 3 rings (SSSR count). The van der Waals surface area contributed by atoms with Crippen LogP contribution in [0.1, 0.15) is 25.7 Å². The molecule has 1 aliphatic heterocycles. The Morgan fingerprint density at radius 3 is 2.84 bits per heavy atom. The van der Waals surface area contributed by atoms with Crippen molar-refractivity contribution in [2.45, 2.75) is 32.0 Å². The second-order valence-corrected chi connectivity index (χ2v) is 5.53. The molecule has 2 aromatic heterocycles. The first-order chi connectivity index (χ1) is 11.9. The topological polar surface area (TPSA) is 81.4 Å². The first kappa shape index (κ1) is 17.2. The Morgan fingerprint density at radius 2 is 2.24 bits per heavy atom. The maximum Gasteiger partial charge on any atom is 0.471 e. The highest BCUT2D eigenvalue weighted by Gasteiger charge is 2.38. The second-order valence-electron chi connectivity index (χ2n) is 5.53. The molecule has 3 heterocycles. The molecule has 10 heteroatoms. The molecule has 25 heavy (non-hydrogen) atoms. The number of amides is 1. The number of aromatic nitrogens is 3. The summed E-state index contributed by atoms with van der Waals surface area (Å²) in [6.07, 6.45) is -2.38. The van der Waals surface area contributed by atoms with Crippen molar-refractivity contribution in [1.29, 1.82) is 0 Å². The zero-order valence-electron chi connectivity index (χ0n) is 13.3. The molecule has 1 saturated heterocycles. The molecule has 0 spiro atoms. The fraction of sp³-hybridized carbons (Fsp3) is 0.467. The van der Waals surface area contributed by atoms with Crippen molar-refractivity contribution in [1.82, 2.24) is 20.0 Å². The lowest BCUT2D eigenvalue weighted by Gasteiger charge is -2.16. The average molecular weight is 356 g/mol. The van der Waals surface area contributed by atoms with E-state index in [0.29, 0.717) is 31.8 Å². The van der Waals surface area contributed by atoms with E-state index in [-0.39, 0.29) is 23.4 Å². The minimum Gasteiger partial charge on any atom is -0.472 e. The summed E-state index contributed by atoms with van der Waals surface area (Å²) in [5.41, 5.74) is 0.279. The summed E-state index contributed by atoms with van der Waals surface area (Å²) in [4.78, 5) is 20.7. The van der Waals surface area contributed by atoms with Crippen LogP contribution in [0.3, 0.4) is 0 Å². The minimum atomic E-state index is -4.69. The minimum absolute atomic E-state index is 0.0759. The fourth-order valence-electron chi connectivity index (χ4n) is 2.48. The number of pyridine rings is 1. The van der Waals surface area contributed by atoms with Gasteiger partial charge < -0.3 is 14.2 Å². The van der Waals surface area contributed by atoms with E-state index in [4.69, 9.17) is 4.74 Å². The average Bonchev–Trinajstić information content (AvgIpc) is 3.24. The number of alkyl halides is 3. The van der Waals surface area contributed by atoms with Crippen LogP contribution in [-0.4, -0.2) is 45.1 Å². The summed E-state index contributed by atoms with van der Waals surface area (Å²) in [7, 11) is 0. The predicted octanol–water partition coefficient (Wildman–Crippen LogP) is 2.54. The Bertz CT molecular complexity index is 745. The van der Waals surface area contributed by atoms with E-state index in [1.54, 1.807) is 11.8 Å². The molecule has 0 saturated carbocycles. The Morgan fingerprint density at radius 1 is 1.44 bits per heavy atom. The lowest BCUT2D eigenvalue weighted by atomic mass is 10.2. The number of carbonyl (C=O) groups is 1. The third-order valence-corrected chi connectivity index (χ3v) is 3.75. The lowest BCUT2D eigenvalue weighted by molar-refractivity contribution is -0.159. The normalized spacial score (nSPS) is 17.8. The Balaban J connectivity index is 1.63. The maximum absolute atomic E-state index is 12.5. The smallest absolute Gasteiger partial charge is 0.471 e. The van der Waals surface area contributed by atoms with E-state index in [1.807, 2.05) is 0 Å². The molecule has 134 valence electrons. The third kappa shape index (κ3) is 3.89. The molecule has 0 bridgehead atoms. The standard InChI is InChI=1S/C15H15F3N4O3/c1-2-12(23)22-6-5-10(8-22)24-11-4-3-9(7-19-11)13-20-14(25-21-13)15(16,17)18/h3-4,7,10H,2,5-6,8H2,1H3/t10-/m1/s1. The van der Waals surface area contributed by atoms with Crippen LogP contribution in [0.25, 0.3) is 11.4 Å². The number of carbonyl (C=O) groups excluding carboxylic acids is 1. The molecule has 1 aliphatic rings. The molecule has 1 fully saturated rings. The number of rotatable bonds is 4. The second kappa shape index (κ2) is 6.69. The summed E-state index contributed by atoms with van der Waals surface area (Å²) < 4.78 is 47.3. The monoisotopic (exact) mass is 356 g/mol. The summed E-state index contributed by atoms with van der Waals surface area (Å²) >= 11 is 0. The lowest BCUT2D eigenvalue weighted by Crippen LogP contribution is -2.30. The first-order valence-electron chi connectivity index (χ1n) is 7.68. The Labute approximate surface area is 140 Å². The summed E-state index contributed by atoms with van der Waals surface area (Å²) in [6, 6.07) is 3.01. The molecule has 0 radical (unpaired) electrons. The maximum atomic E-state index is 12.5. The number of hydrogen-bond donors (Lipinski definition) is 0. The molecule has 0 aliphatic carbocycles. The molecular formula is C15H15F3N4O3. The van der Waals surface area contributed by atoms with Gasteiger partial charge in [0.25, 0.3) is 0 Å². The van der Waals surface area contributed by atoms with Gasteiger partial charge in [-0.05, 0) is 6.07 Å². The van der Waals surface area contributed by atoms with E-state index in [1.165, 1.54) is 18.3 Å². The van der Waals surface area contributed by atoms with Gasteiger partial charge in [0.1, 0.15) is 6.10 Å². The van der Waals surface area contributed by atoms with Gasteiger partial charge in [0.2, 0.25) is 17.6 Å². The van der Waals surface area contributed by atoms with Gasteiger partial charge in [-0.25, -0.2) is 4.98 Å². The van der Waals surface area contributed by atoms with Crippen LogP contribution in [0.4, 0.5) is 13.2 Å². The first-order valence-corrected chi connectivity index (χ1v) is 7.68. The predicted molar refractivity (Wildman–Crippen MR) is 78.4 cm³/mol. The van der Waals surface area contributed by atoms with Crippen molar-refractivity contribution < 1.29 is 27.2 Å². The molecule has 0 aromatic carbocycles. The number of likely N-dealkylation sites (tertiary alicyclic amines) is 1. The highest BCUT2D eigenvalue weighted by Crippen LogP contribution is 2.29. The van der Waals surface area contributed by atoms with Crippen molar-refractivity contribution in [2.75, 3.05) is 13.1 Å². The van der Waals surface area contributed by atoms with Crippen molar-refractivity contribution in [2.24, 2.45) is 0 Å². The van der Waals surface area contributed by atoms with Crippen LogP contribution in [-0.2, 0) is 11.0 Å². The highest BCUT2D eigenvalue weighted by molar-refractivity contribution is 5.76. The highest BCUT2D eigenvalue weighted by atomic mass is 19.4. The Kier molecular flexibility index (Phi) is 4.60. The number of ether oxygens (including phenoxy) is 1. The van der Waals surface area contributed by atoms with Crippen LogP contribution in [0.5, 0.6) is 5.88 Å². The summed E-state index contributed by atoms with van der Waals surface area (Å²) in [5, 5.41) is 3.29. The van der Waals surface area contributed by atoms with Crippen LogP contribution in [0, 0.1) is 0 Å². The van der Waals surface area contributed by atoms with Crippen molar-refractivity contribution in [3.63, 3.8) is 0 Å². The van der Waals surface area contributed by atoms with Gasteiger partial charge in [-0.2, -0.15) is 18.2 Å². The molecule has 0 unspecified atom stereocenters. The molecule has 1 atom stereocenters. The van der Waals surface area contributed by atoms with Gasteiger partial charge in [-0.15, -0.1) is 0 Å². The van der Waals surface area contributed by atoms with E-state index in [9.17, 15) is 18.0 Å². The molecule has 0 N–H and O–H groups in total. The van der Waals surface area contributed by atoms with E-state index >= 15 is 0 Å². The zero-order chi connectivity index (χ0) is 18.0. The molecule has 1 amide bonds. The summed E-state index contributed by atoms with van der Waals surface area (Å²) in [5.74, 6) is -1.22. The van der Waals surface area contributed by atoms with E-state index < -0.39 is 12.1 Å². The van der Waals surface area contributed by atoms with Crippen LogP contribution < -0.4 is 4.74 Å². The summed E-state index contributed by atoms with van der Waals surface area (Å²) in [6.45, 7) is 2.94. The zero-order valence-corrected chi connectivity index (χ0v) is 13.3. The van der Waals surface area contributed by atoms with Gasteiger partial charge in [0, 0.05) is 37.2 Å². The van der Waals surface area contributed by atoms with E-state index in [0.717, 1.165) is 0 Å². The number of halogens is 3. The fourth-order valence-corrected chi connectivity index (χ4v) is 2.48. The Hall–Kier alpha value is -2.65. The van der Waals surface area contributed by atoms with Gasteiger partial charge in [0.05, 0.1) is 6.54 Å². The van der Waals surface area contributed by atoms with Gasteiger partial charge in [-0.3, -0.25) is 4.79 Å². The number of hydrogen-bond acceptors (Lipinski definition) is 6. The largest absolute Gasteiger partial charge is 0.472 e. The number of nitrogens with zero attached hydrogens (tertiary/aromatic N) is 4. The van der Waals surface area contributed by atoms with Crippen molar-refractivity contribution >= 4 is 5.91 Å². The molecule has 2 aromatic rings. The molecular weight excluding hydrogens is 341 g/mol. The van der Waals surface area contributed by atoms with Crippen LogP contribution >= 0.6 is 0 Å². The van der Waals surface area contributed by atoms with Gasteiger partial charge in [-0.1, -0.05) is 12.1 Å².